The Morgan fingerprint density at radius 1 is 1.04 bits per heavy atom. The number of aliphatic imine (C=N–C) groups is 1. The maximum Gasteiger partial charge on any atom is 0.191 e. The van der Waals surface area contributed by atoms with Crippen molar-refractivity contribution in [1.82, 2.24) is 15.5 Å². The van der Waals surface area contributed by atoms with E-state index in [-0.39, 0.29) is 24.0 Å². The molecule has 2 rings (SSSR count). The number of benzene rings is 2. The maximum atomic E-state index is 5.42. The summed E-state index contributed by atoms with van der Waals surface area (Å²) >= 11 is 0. The van der Waals surface area contributed by atoms with Crippen molar-refractivity contribution in [3.8, 4) is 5.75 Å². The van der Waals surface area contributed by atoms with Gasteiger partial charge < -0.3 is 20.3 Å². The molecule has 0 unspecified atom stereocenters. The molecule has 2 aromatic rings. The van der Waals surface area contributed by atoms with Crippen molar-refractivity contribution < 1.29 is 4.74 Å². The van der Waals surface area contributed by atoms with Gasteiger partial charge in [0.25, 0.3) is 0 Å². The Hall–Kier alpha value is -1.80. The molecule has 0 amide bonds. The zero-order valence-corrected chi connectivity index (χ0v) is 19.7. The van der Waals surface area contributed by atoms with Gasteiger partial charge in [0.2, 0.25) is 0 Å². The molecule has 0 bridgehead atoms. The number of para-hydroxylation sites is 1. The molecule has 2 aromatic carbocycles. The number of nitrogens with zero attached hydrogens (tertiary/aromatic N) is 2. The van der Waals surface area contributed by atoms with Crippen LogP contribution >= 0.6 is 24.0 Å². The number of halogens is 1. The number of hydrogen-bond acceptors (Lipinski definition) is 3. The molecule has 0 radical (unpaired) electrons. The Labute approximate surface area is 186 Å². The van der Waals surface area contributed by atoms with Gasteiger partial charge in [0.15, 0.2) is 5.96 Å². The summed E-state index contributed by atoms with van der Waals surface area (Å²) in [5.41, 5.74) is 3.72. The van der Waals surface area contributed by atoms with Crippen molar-refractivity contribution in [3.63, 3.8) is 0 Å². The van der Waals surface area contributed by atoms with Gasteiger partial charge in [0.1, 0.15) is 5.75 Å². The van der Waals surface area contributed by atoms with E-state index in [0.29, 0.717) is 6.54 Å². The lowest BCUT2D eigenvalue weighted by atomic mass is 10.1. The second-order valence-electron chi connectivity index (χ2n) is 6.74. The minimum atomic E-state index is 0. The summed E-state index contributed by atoms with van der Waals surface area (Å²) < 4.78 is 5.42. The second-order valence-corrected chi connectivity index (χ2v) is 6.74. The third kappa shape index (κ3) is 8.48. The first-order valence-corrected chi connectivity index (χ1v) is 9.49. The summed E-state index contributed by atoms with van der Waals surface area (Å²) in [5.74, 6) is 1.77. The average Bonchev–Trinajstić information content (AvgIpc) is 2.66. The first-order valence-electron chi connectivity index (χ1n) is 9.49. The summed E-state index contributed by atoms with van der Waals surface area (Å²) in [6.07, 6.45) is 0.882. The highest BCUT2D eigenvalue weighted by Gasteiger charge is 2.03. The van der Waals surface area contributed by atoms with E-state index in [2.05, 4.69) is 66.9 Å². The van der Waals surface area contributed by atoms with E-state index < -0.39 is 0 Å². The van der Waals surface area contributed by atoms with E-state index in [1.165, 1.54) is 16.7 Å². The summed E-state index contributed by atoms with van der Waals surface area (Å²) in [6, 6.07) is 16.7. The Morgan fingerprint density at radius 2 is 1.79 bits per heavy atom. The van der Waals surface area contributed by atoms with Gasteiger partial charge in [-0.05, 0) is 50.2 Å². The monoisotopic (exact) mass is 496 g/mol. The zero-order chi connectivity index (χ0) is 19.5. The quantitative estimate of drug-likeness (QED) is 0.316. The van der Waals surface area contributed by atoms with Crippen LogP contribution in [-0.2, 0) is 19.5 Å². The number of hydrogen-bond donors (Lipinski definition) is 2. The van der Waals surface area contributed by atoms with Gasteiger partial charge in [-0.3, -0.25) is 0 Å². The smallest absolute Gasteiger partial charge is 0.191 e. The first-order chi connectivity index (χ1) is 13.1. The minimum absolute atomic E-state index is 0. The highest BCUT2D eigenvalue weighted by atomic mass is 127. The Bertz CT molecular complexity index is 734. The average molecular weight is 496 g/mol. The topological polar surface area (TPSA) is 48.9 Å². The van der Waals surface area contributed by atoms with E-state index in [0.717, 1.165) is 37.8 Å². The molecule has 0 spiro atoms. The Balaban J connectivity index is 0.00000392. The lowest BCUT2D eigenvalue weighted by molar-refractivity contribution is 0.402. The van der Waals surface area contributed by atoms with Crippen LogP contribution in [0.25, 0.3) is 0 Å². The Morgan fingerprint density at radius 3 is 2.50 bits per heavy atom. The van der Waals surface area contributed by atoms with Crippen molar-refractivity contribution in [1.29, 1.82) is 0 Å². The molecule has 0 aromatic heterocycles. The zero-order valence-electron chi connectivity index (χ0n) is 17.4. The van der Waals surface area contributed by atoms with Gasteiger partial charge in [-0.25, -0.2) is 4.99 Å². The second kappa shape index (κ2) is 13.4. The van der Waals surface area contributed by atoms with E-state index in [4.69, 9.17) is 9.73 Å². The van der Waals surface area contributed by atoms with Crippen molar-refractivity contribution in [3.05, 3.63) is 65.2 Å². The summed E-state index contributed by atoms with van der Waals surface area (Å²) in [5, 5.41) is 6.73. The predicted molar refractivity (Wildman–Crippen MR) is 129 cm³/mol. The van der Waals surface area contributed by atoms with Gasteiger partial charge in [-0.2, -0.15) is 0 Å². The van der Waals surface area contributed by atoms with Crippen molar-refractivity contribution in [2.45, 2.75) is 26.4 Å². The van der Waals surface area contributed by atoms with Crippen LogP contribution in [0.3, 0.4) is 0 Å². The van der Waals surface area contributed by atoms with Crippen LogP contribution in [0.2, 0.25) is 0 Å². The third-order valence-electron chi connectivity index (χ3n) is 4.13. The maximum absolute atomic E-state index is 5.42. The highest BCUT2D eigenvalue weighted by molar-refractivity contribution is 14.0. The molecule has 5 nitrogen and oxygen atoms in total. The largest absolute Gasteiger partial charge is 0.496 e. The van der Waals surface area contributed by atoms with Gasteiger partial charge in [-0.1, -0.05) is 42.5 Å². The number of rotatable bonds is 9. The molecule has 154 valence electrons. The SMILES string of the molecule is CCNC(=NCc1cccc(CN(C)C)c1)NCCc1ccccc1OC.I. The fourth-order valence-corrected chi connectivity index (χ4v) is 2.93. The normalized spacial score (nSPS) is 11.1. The third-order valence-corrected chi connectivity index (χ3v) is 4.13. The van der Waals surface area contributed by atoms with Crippen LogP contribution in [0.4, 0.5) is 0 Å². The number of guanidine groups is 1. The molecule has 2 N–H and O–H groups in total. The summed E-state index contributed by atoms with van der Waals surface area (Å²) in [7, 11) is 5.88. The van der Waals surface area contributed by atoms with E-state index in [9.17, 15) is 0 Å². The fourth-order valence-electron chi connectivity index (χ4n) is 2.93. The molecule has 0 saturated heterocycles. The molecule has 0 aliphatic carbocycles. The van der Waals surface area contributed by atoms with Gasteiger partial charge in [0, 0.05) is 19.6 Å². The molecule has 0 saturated carbocycles. The van der Waals surface area contributed by atoms with E-state index >= 15 is 0 Å². The van der Waals surface area contributed by atoms with Crippen LogP contribution in [0.5, 0.6) is 5.75 Å². The van der Waals surface area contributed by atoms with Crippen LogP contribution < -0.4 is 15.4 Å². The van der Waals surface area contributed by atoms with Crippen molar-refractivity contribution in [2.75, 3.05) is 34.3 Å². The summed E-state index contributed by atoms with van der Waals surface area (Å²) in [4.78, 5) is 6.90. The van der Waals surface area contributed by atoms with Crippen molar-refractivity contribution in [2.24, 2.45) is 4.99 Å². The molecule has 0 fully saturated rings. The molecule has 0 aliphatic rings. The standard InChI is InChI=1S/C22H32N4O.HI/c1-5-23-22(24-14-13-20-11-6-7-12-21(20)27-4)25-16-18-9-8-10-19(15-18)17-26(2)3;/h6-12,15H,5,13-14,16-17H2,1-4H3,(H2,23,24,25);1H. The molecular formula is C22H33IN4O. The lowest BCUT2D eigenvalue weighted by Crippen LogP contribution is -2.38. The number of methoxy groups -OCH3 is 1. The van der Waals surface area contributed by atoms with E-state index in [1.54, 1.807) is 7.11 Å². The summed E-state index contributed by atoms with van der Waals surface area (Å²) in [6.45, 7) is 5.31. The van der Waals surface area contributed by atoms with E-state index in [1.807, 2.05) is 18.2 Å². The lowest BCUT2D eigenvalue weighted by Gasteiger charge is -2.13. The van der Waals surface area contributed by atoms with Gasteiger partial charge in [0.05, 0.1) is 13.7 Å². The molecule has 0 aliphatic heterocycles. The molecule has 0 heterocycles. The van der Waals surface area contributed by atoms with Crippen LogP contribution in [0.1, 0.15) is 23.6 Å². The van der Waals surface area contributed by atoms with Crippen LogP contribution in [0.15, 0.2) is 53.5 Å². The fraction of sp³-hybridized carbons (Fsp3) is 0.409. The van der Waals surface area contributed by atoms with Crippen LogP contribution in [-0.4, -0.2) is 45.2 Å². The molecule has 6 heteroatoms. The van der Waals surface area contributed by atoms with Gasteiger partial charge >= 0.3 is 0 Å². The number of nitrogens with one attached hydrogen (secondary N) is 2. The minimum Gasteiger partial charge on any atom is -0.496 e. The molecular weight excluding hydrogens is 463 g/mol. The van der Waals surface area contributed by atoms with Crippen LogP contribution in [0, 0.1) is 0 Å². The molecule has 0 atom stereocenters. The highest BCUT2D eigenvalue weighted by Crippen LogP contribution is 2.17. The first kappa shape index (κ1) is 24.2. The predicted octanol–water partition coefficient (Wildman–Crippen LogP) is 3.67. The Kier molecular flexibility index (Phi) is 11.6. The molecule has 28 heavy (non-hydrogen) atoms. The van der Waals surface area contributed by atoms with Crippen molar-refractivity contribution >= 4 is 29.9 Å². The number of ether oxygens (including phenoxy) is 1. The van der Waals surface area contributed by atoms with Gasteiger partial charge in [-0.15, -0.1) is 24.0 Å².